The summed E-state index contributed by atoms with van der Waals surface area (Å²) in [5.74, 6) is 2.38. The van der Waals surface area contributed by atoms with Crippen molar-refractivity contribution < 1.29 is 9.34 Å². The molecule has 118 valence electrons. The molecule has 21 heavy (non-hydrogen) atoms. The van der Waals surface area contributed by atoms with Crippen molar-refractivity contribution in [2.75, 3.05) is 34.2 Å². The molecule has 0 aromatic carbocycles. The molecule has 1 rings (SSSR count). The van der Waals surface area contributed by atoms with Gasteiger partial charge in [-0.1, -0.05) is 0 Å². The van der Waals surface area contributed by atoms with Gasteiger partial charge in [-0.05, 0) is 39.1 Å². The van der Waals surface area contributed by atoms with Gasteiger partial charge in [-0.2, -0.15) is 0 Å². The Hall–Kier alpha value is -1.89. The van der Waals surface area contributed by atoms with Crippen LogP contribution in [0.25, 0.3) is 0 Å². The molecule has 1 aromatic heterocycles. The summed E-state index contributed by atoms with van der Waals surface area (Å²) in [4.78, 5) is 15.9. The summed E-state index contributed by atoms with van der Waals surface area (Å²) in [6, 6.07) is 4.02. The molecular formula is C14H24N4O3. The van der Waals surface area contributed by atoms with E-state index in [-0.39, 0.29) is 11.5 Å². The van der Waals surface area contributed by atoms with E-state index in [1.54, 1.807) is 7.05 Å². The third-order valence-electron chi connectivity index (χ3n) is 2.92. The minimum atomic E-state index is -0.384. The summed E-state index contributed by atoms with van der Waals surface area (Å²) in [5.41, 5.74) is 0. The van der Waals surface area contributed by atoms with Crippen LogP contribution < -0.4 is 5.32 Å². The molecule has 0 saturated heterocycles. The fraction of sp³-hybridized carbons (Fsp3) is 0.643. The Morgan fingerprint density at radius 2 is 2.10 bits per heavy atom. The van der Waals surface area contributed by atoms with Crippen LogP contribution in [0.5, 0.6) is 0 Å². The zero-order valence-electron chi connectivity index (χ0n) is 13.0. The molecule has 0 atom stereocenters. The summed E-state index contributed by atoms with van der Waals surface area (Å²) in [5, 5.41) is 13.4. The maximum absolute atomic E-state index is 10.4. The van der Waals surface area contributed by atoms with E-state index < -0.39 is 0 Å². The highest BCUT2D eigenvalue weighted by Gasteiger charge is 2.06. The molecule has 0 amide bonds. The van der Waals surface area contributed by atoms with E-state index in [2.05, 4.69) is 15.2 Å². The van der Waals surface area contributed by atoms with Gasteiger partial charge in [-0.15, -0.1) is 0 Å². The topological polar surface area (TPSA) is 83.9 Å². The minimum absolute atomic E-state index is 0.247. The van der Waals surface area contributed by atoms with E-state index in [0.29, 0.717) is 12.4 Å². The molecule has 1 aromatic rings. The van der Waals surface area contributed by atoms with Gasteiger partial charge in [-0.25, -0.2) is 0 Å². The molecule has 0 fully saturated rings. The van der Waals surface area contributed by atoms with E-state index in [4.69, 9.17) is 4.42 Å². The fourth-order valence-corrected chi connectivity index (χ4v) is 1.94. The number of unbranched alkanes of at least 4 members (excludes halogenated alkanes) is 1. The van der Waals surface area contributed by atoms with Crippen LogP contribution >= 0.6 is 0 Å². The van der Waals surface area contributed by atoms with Gasteiger partial charge in [0.15, 0.2) is 5.84 Å². The first kappa shape index (κ1) is 17.2. The highest BCUT2D eigenvalue weighted by atomic mass is 16.6. The second kappa shape index (κ2) is 9.12. The fourth-order valence-electron chi connectivity index (χ4n) is 1.94. The number of rotatable bonds is 9. The maximum atomic E-state index is 10.4. The molecule has 0 bridgehead atoms. The Bertz CT molecular complexity index is 469. The number of hydrogen-bond donors (Lipinski definition) is 1. The SMILES string of the molecule is CN=C(C[N+](=O)[O-])NCCCCc1ccc(CN(C)C)o1. The Morgan fingerprint density at radius 1 is 1.38 bits per heavy atom. The van der Waals surface area contributed by atoms with Gasteiger partial charge in [0.2, 0.25) is 0 Å². The summed E-state index contributed by atoms with van der Waals surface area (Å²) in [6.45, 7) is 1.24. The average Bonchev–Trinajstić information content (AvgIpc) is 2.83. The summed E-state index contributed by atoms with van der Waals surface area (Å²) in [7, 11) is 5.57. The highest BCUT2D eigenvalue weighted by Crippen LogP contribution is 2.11. The second-order valence-electron chi connectivity index (χ2n) is 5.15. The lowest BCUT2D eigenvalue weighted by Crippen LogP contribution is -2.31. The van der Waals surface area contributed by atoms with Gasteiger partial charge in [0.1, 0.15) is 11.5 Å². The number of nitrogens with one attached hydrogen (secondary N) is 1. The van der Waals surface area contributed by atoms with Gasteiger partial charge in [0.05, 0.1) is 6.54 Å². The van der Waals surface area contributed by atoms with Crippen LogP contribution in [0.2, 0.25) is 0 Å². The maximum Gasteiger partial charge on any atom is 0.259 e. The molecule has 0 saturated carbocycles. The summed E-state index contributed by atoms with van der Waals surface area (Å²) >= 11 is 0. The van der Waals surface area contributed by atoms with Gasteiger partial charge in [0, 0.05) is 24.9 Å². The smallest absolute Gasteiger partial charge is 0.259 e. The Balaban J connectivity index is 2.19. The molecule has 0 aliphatic heterocycles. The van der Waals surface area contributed by atoms with E-state index in [9.17, 15) is 10.1 Å². The van der Waals surface area contributed by atoms with Crippen molar-refractivity contribution in [3.8, 4) is 0 Å². The molecular weight excluding hydrogens is 272 g/mol. The molecule has 7 heteroatoms. The Kier molecular flexibility index (Phi) is 7.45. The lowest BCUT2D eigenvalue weighted by Gasteiger charge is -2.06. The Morgan fingerprint density at radius 3 is 2.71 bits per heavy atom. The van der Waals surface area contributed by atoms with Crippen molar-refractivity contribution >= 4 is 5.84 Å². The van der Waals surface area contributed by atoms with E-state index in [0.717, 1.165) is 37.3 Å². The van der Waals surface area contributed by atoms with Gasteiger partial charge < -0.3 is 14.6 Å². The standard InChI is InChI=1S/C14H24N4O3/c1-15-14(11-18(19)20)16-9-5-4-6-12-7-8-13(21-12)10-17(2)3/h7-8H,4-6,9-11H2,1-3H3,(H,15,16). The predicted molar refractivity (Wildman–Crippen MR) is 82.3 cm³/mol. The number of nitrogens with zero attached hydrogens (tertiary/aromatic N) is 3. The van der Waals surface area contributed by atoms with E-state index >= 15 is 0 Å². The number of nitro groups is 1. The minimum Gasteiger partial charge on any atom is -0.465 e. The lowest BCUT2D eigenvalue weighted by molar-refractivity contribution is -0.463. The Labute approximate surface area is 125 Å². The first-order valence-electron chi connectivity index (χ1n) is 7.05. The first-order chi connectivity index (χ1) is 10.0. The van der Waals surface area contributed by atoms with Crippen molar-refractivity contribution in [1.82, 2.24) is 10.2 Å². The quantitative estimate of drug-likeness (QED) is 0.246. The summed E-state index contributed by atoms with van der Waals surface area (Å²) in [6.07, 6.45) is 2.76. The van der Waals surface area contributed by atoms with Crippen LogP contribution in [-0.2, 0) is 13.0 Å². The van der Waals surface area contributed by atoms with E-state index in [1.807, 2.05) is 26.2 Å². The van der Waals surface area contributed by atoms with Crippen molar-refractivity contribution in [2.24, 2.45) is 4.99 Å². The van der Waals surface area contributed by atoms with Crippen LogP contribution in [0.4, 0.5) is 0 Å². The zero-order valence-corrected chi connectivity index (χ0v) is 13.0. The van der Waals surface area contributed by atoms with Crippen molar-refractivity contribution in [3.05, 3.63) is 33.8 Å². The van der Waals surface area contributed by atoms with Crippen molar-refractivity contribution in [1.29, 1.82) is 0 Å². The number of hydrogen-bond acceptors (Lipinski definition) is 5. The molecule has 0 spiro atoms. The highest BCUT2D eigenvalue weighted by molar-refractivity contribution is 5.82. The third kappa shape index (κ3) is 7.45. The van der Waals surface area contributed by atoms with Gasteiger partial charge >= 0.3 is 0 Å². The molecule has 7 nitrogen and oxygen atoms in total. The monoisotopic (exact) mass is 296 g/mol. The second-order valence-corrected chi connectivity index (χ2v) is 5.15. The molecule has 0 aliphatic carbocycles. The average molecular weight is 296 g/mol. The largest absolute Gasteiger partial charge is 0.465 e. The molecule has 0 unspecified atom stereocenters. The molecule has 0 aliphatic rings. The first-order valence-corrected chi connectivity index (χ1v) is 7.05. The molecule has 1 N–H and O–H groups in total. The summed E-state index contributed by atoms with van der Waals surface area (Å²) < 4.78 is 5.72. The van der Waals surface area contributed by atoms with Gasteiger partial charge in [0.25, 0.3) is 6.54 Å². The van der Waals surface area contributed by atoms with Crippen molar-refractivity contribution in [2.45, 2.75) is 25.8 Å². The van der Waals surface area contributed by atoms with Crippen LogP contribution in [0.3, 0.4) is 0 Å². The number of amidine groups is 1. The van der Waals surface area contributed by atoms with E-state index in [1.165, 1.54) is 0 Å². The lowest BCUT2D eigenvalue weighted by atomic mass is 10.2. The van der Waals surface area contributed by atoms with Crippen LogP contribution in [-0.4, -0.2) is 49.9 Å². The van der Waals surface area contributed by atoms with Crippen LogP contribution in [0.15, 0.2) is 21.5 Å². The van der Waals surface area contributed by atoms with Crippen LogP contribution in [0, 0.1) is 10.1 Å². The molecule has 1 heterocycles. The van der Waals surface area contributed by atoms with Crippen molar-refractivity contribution in [3.63, 3.8) is 0 Å². The van der Waals surface area contributed by atoms with Gasteiger partial charge in [-0.3, -0.25) is 15.1 Å². The molecule has 0 radical (unpaired) electrons. The third-order valence-corrected chi connectivity index (χ3v) is 2.92. The predicted octanol–water partition coefficient (Wildman–Crippen LogP) is 1.56. The number of aliphatic imine (C=N–C) groups is 1. The number of aryl methyl sites for hydroxylation is 1. The number of furan rings is 1. The normalized spacial score (nSPS) is 11.9. The van der Waals surface area contributed by atoms with Crippen LogP contribution in [0.1, 0.15) is 24.4 Å². The zero-order chi connectivity index (χ0) is 15.7.